The van der Waals surface area contributed by atoms with Crippen molar-refractivity contribution in [2.24, 2.45) is 0 Å². The number of hydrogen-bond donors (Lipinski definition) is 1. The van der Waals surface area contributed by atoms with Gasteiger partial charge in [0.15, 0.2) is 0 Å². The van der Waals surface area contributed by atoms with E-state index in [1.54, 1.807) is 7.11 Å². The molecule has 1 unspecified atom stereocenters. The predicted molar refractivity (Wildman–Crippen MR) is 88.8 cm³/mol. The number of carbonyl (C=O) groups excluding carboxylic acids is 1. The summed E-state index contributed by atoms with van der Waals surface area (Å²) in [6, 6.07) is 15.4. The molecule has 1 heterocycles. The van der Waals surface area contributed by atoms with E-state index in [1.165, 1.54) is 5.56 Å². The monoisotopic (exact) mass is 296 g/mol. The molecule has 1 aliphatic rings. The molecule has 2 amide bonds. The van der Waals surface area contributed by atoms with Crippen LogP contribution in [0.1, 0.15) is 24.8 Å². The molecule has 114 valence electrons. The van der Waals surface area contributed by atoms with Gasteiger partial charge >= 0.3 is 6.03 Å². The highest BCUT2D eigenvalue weighted by Crippen LogP contribution is 2.38. The zero-order chi connectivity index (χ0) is 15.5. The van der Waals surface area contributed by atoms with Gasteiger partial charge in [0.25, 0.3) is 0 Å². The Morgan fingerprint density at radius 1 is 1.23 bits per heavy atom. The minimum absolute atomic E-state index is 0.0893. The number of nitrogens with zero attached hydrogens (tertiary/aromatic N) is 1. The fraction of sp³-hybridized carbons (Fsp3) is 0.278. The largest absolute Gasteiger partial charge is 0.497 e. The molecule has 1 aliphatic heterocycles. The van der Waals surface area contributed by atoms with E-state index in [1.807, 2.05) is 47.4 Å². The summed E-state index contributed by atoms with van der Waals surface area (Å²) in [5.74, 6) is 1.19. The van der Waals surface area contributed by atoms with Crippen molar-refractivity contribution in [3.8, 4) is 5.75 Å². The van der Waals surface area contributed by atoms with Gasteiger partial charge in [-0.25, -0.2) is 4.79 Å². The first-order valence-corrected chi connectivity index (χ1v) is 7.54. The van der Waals surface area contributed by atoms with E-state index in [-0.39, 0.29) is 6.03 Å². The third kappa shape index (κ3) is 2.64. The number of para-hydroxylation sites is 1. The first kappa shape index (κ1) is 14.4. The molecule has 2 aromatic rings. The number of anilines is 2. The van der Waals surface area contributed by atoms with Crippen molar-refractivity contribution in [2.45, 2.75) is 19.3 Å². The summed E-state index contributed by atoms with van der Waals surface area (Å²) in [6.45, 7) is 2.89. The van der Waals surface area contributed by atoms with E-state index in [0.29, 0.717) is 5.92 Å². The van der Waals surface area contributed by atoms with Crippen molar-refractivity contribution in [3.05, 3.63) is 54.1 Å². The minimum atomic E-state index is -0.0893. The molecular formula is C18H20N2O2. The van der Waals surface area contributed by atoms with Gasteiger partial charge < -0.3 is 10.1 Å². The van der Waals surface area contributed by atoms with Gasteiger partial charge in [-0.15, -0.1) is 0 Å². The fourth-order valence-electron chi connectivity index (χ4n) is 2.90. The topological polar surface area (TPSA) is 41.6 Å². The molecule has 4 heteroatoms. The Bertz CT molecular complexity index is 667. The quantitative estimate of drug-likeness (QED) is 0.920. The number of hydrogen-bond acceptors (Lipinski definition) is 2. The highest BCUT2D eigenvalue weighted by molar-refractivity contribution is 6.03. The predicted octanol–water partition coefficient (Wildman–Crippen LogP) is 4.24. The van der Waals surface area contributed by atoms with Gasteiger partial charge in [-0.1, -0.05) is 25.1 Å². The summed E-state index contributed by atoms with van der Waals surface area (Å²) < 4.78 is 5.13. The molecule has 22 heavy (non-hydrogen) atoms. The van der Waals surface area contributed by atoms with Crippen molar-refractivity contribution >= 4 is 17.4 Å². The number of rotatable bonds is 3. The molecule has 1 atom stereocenters. The first-order chi connectivity index (χ1) is 10.7. The second-order valence-electron chi connectivity index (χ2n) is 5.43. The number of urea groups is 1. The van der Waals surface area contributed by atoms with Gasteiger partial charge in [0.2, 0.25) is 0 Å². The Morgan fingerprint density at radius 2 is 1.95 bits per heavy atom. The second-order valence-corrected chi connectivity index (χ2v) is 5.43. The number of ether oxygens (including phenoxy) is 1. The van der Waals surface area contributed by atoms with Crippen molar-refractivity contribution in [3.63, 3.8) is 0 Å². The lowest BCUT2D eigenvalue weighted by Crippen LogP contribution is -2.34. The van der Waals surface area contributed by atoms with E-state index in [9.17, 15) is 4.79 Å². The van der Waals surface area contributed by atoms with Crippen LogP contribution < -0.4 is 15.0 Å². The van der Waals surface area contributed by atoms with E-state index in [0.717, 1.165) is 30.1 Å². The smallest absolute Gasteiger partial charge is 0.326 e. The molecule has 4 nitrogen and oxygen atoms in total. The molecule has 0 saturated heterocycles. The van der Waals surface area contributed by atoms with Crippen LogP contribution in [-0.4, -0.2) is 19.7 Å². The molecule has 0 saturated carbocycles. The average molecular weight is 296 g/mol. The minimum Gasteiger partial charge on any atom is -0.497 e. The van der Waals surface area contributed by atoms with Gasteiger partial charge in [0, 0.05) is 23.8 Å². The summed E-state index contributed by atoms with van der Waals surface area (Å²) in [4.78, 5) is 14.4. The summed E-state index contributed by atoms with van der Waals surface area (Å²) in [5, 5.41) is 2.95. The van der Waals surface area contributed by atoms with Crippen LogP contribution in [-0.2, 0) is 0 Å². The Morgan fingerprint density at radius 3 is 2.64 bits per heavy atom. The van der Waals surface area contributed by atoms with E-state index >= 15 is 0 Å². The van der Waals surface area contributed by atoms with Crippen molar-refractivity contribution in [1.82, 2.24) is 0 Å². The van der Waals surface area contributed by atoms with Gasteiger partial charge in [-0.2, -0.15) is 0 Å². The lowest BCUT2D eigenvalue weighted by atomic mass is 9.99. The van der Waals surface area contributed by atoms with Gasteiger partial charge in [0.1, 0.15) is 5.75 Å². The van der Waals surface area contributed by atoms with Crippen LogP contribution in [0.25, 0.3) is 0 Å². The third-order valence-electron chi connectivity index (χ3n) is 4.15. The zero-order valence-electron chi connectivity index (χ0n) is 12.9. The van der Waals surface area contributed by atoms with Crippen LogP contribution in [0.3, 0.4) is 0 Å². The van der Waals surface area contributed by atoms with Crippen LogP contribution in [0.2, 0.25) is 0 Å². The molecule has 0 aromatic heterocycles. The van der Waals surface area contributed by atoms with E-state index in [4.69, 9.17) is 4.74 Å². The standard InChI is InChI=1S/C18H20N2O2/c1-3-13-12-20(17-7-5-4-6-16(13)17)18(21)19-14-8-10-15(22-2)11-9-14/h4-11,13H,3,12H2,1-2H3,(H,19,21). The summed E-state index contributed by atoms with van der Waals surface area (Å²) >= 11 is 0. The van der Waals surface area contributed by atoms with Crippen LogP contribution >= 0.6 is 0 Å². The van der Waals surface area contributed by atoms with Crippen LogP contribution in [0.15, 0.2) is 48.5 Å². The van der Waals surface area contributed by atoms with Crippen molar-refractivity contribution in [1.29, 1.82) is 0 Å². The highest BCUT2D eigenvalue weighted by atomic mass is 16.5. The first-order valence-electron chi connectivity index (χ1n) is 7.54. The third-order valence-corrected chi connectivity index (χ3v) is 4.15. The van der Waals surface area contributed by atoms with Crippen LogP contribution in [0, 0.1) is 0 Å². The van der Waals surface area contributed by atoms with E-state index in [2.05, 4.69) is 18.3 Å². The molecule has 2 aromatic carbocycles. The SMILES string of the molecule is CCC1CN(C(=O)Nc2ccc(OC)cc2)c2ccccc21. The number of amides is 2. The number of carbonyl (C=O) groups is 1. The summed E-state index contributed by atoms with van der Waals surface area (Å²) in [6.07, 6.45) is 1.03. The Hall–Kier alpha value is -2.49. The normalized spacial score (nSPS) is 16.3. The maximum absolute atomic E-state index is 12.6. The molecule has 0 aliphatic carbocycles. The number of fused-ring (bicyclic) bond motifs is 1. The van der Waals surface area contributed by atoms with Crippen molar-refractivity contribution < 1.29 is 9.53 Å². The Balaban J connectivity index is 1.78. The van der Waals surface area contributed by atoms with Gasteiger partial charge in [-0.05, 0) is 42.3 Å². The number of benzene rings is 2. The average Bonchev–Trinajstić information content (AvgIpc) is 2.94. The van der Waals surface area contributed by atoms with Crippen molar-refractivity contribution in [2.75, 3.05) is 23.9 Å². The Kier molecular flexibility index (Phi) is 4.00. The second kappa shape index (κ2) is 6.10. The summed E-state index contributed by atoms with van der Waals surface area (Å²) in [5.41, 5.74) is 3.04. The van der Waals surface area contributed by atoms with Gasteiger partial charge in [0.05, 0.1) is 7.11 Å². The summed E-state index contributed by atoms with van der Waals surface area (Å²) in [7, 11) is 1.62. The molecule has 0 bridgehead atoms. The molecule has 0 spiro atoms. The maximum Gasteiger partial charge on any atom is 0.326 e. The Labute approximate surface area is 130 Å². The highest BCUT2D eigenvalue weighted by Gasteiger charge is 2.30. The molecular weight excluding hydrogens is 276 g/mol. The zero-order valence-corrected chi connectivity index (χ0v) is 12.9. The molecule has 3 rings (SSSR count). The van der Waals surface area contributed by atoms with Crippen LogP contribution in [0.4, 0.5) is 16.2 Å². The van der Waals surface area contributed by atoms with Gasteiger partial charge in [-0.3, -0.25) is 4.90 Å². The lowest BCUT2D eigenvalue weighted by molar-refractivity contribution is 0.257. The fourth-order valence-corrected chi connectivity index (χ4v) is 2.90. The molecule has 1 N–H and O–H groups in total. The lowest BCUT2D eigenvalue weighted by Gasteiger charge is -2.18. The molecule has 0 radical (unpaired) electrons. The van der Waals surface area contributed by atoms with E-state index < -0.39 is 0 Å². The maximum atomic E-state index is 12.6. The van der Waals surface area contributed by atoms with Crippen LogP contribution in [0.5, 0.6) is 5.75 Å². The molecule has 0 fully saturated rings. The number of methoxy groups -OCH3 is 1. The number of nitrogens with one attached hydrogen (secondary N) is 1.